The lowest BCUT2D eigenvalue weighted by atomic mass is 10.00. The molecule has 1 aromatic heterocycles. The van der Waals surface area contributed by atoms with Gasteiger partial charge in [-0.25, -0.2) is 4.98 Å². The topological polar surface area (TPSA) is 105 Å². The molecule has 108 valence electrons. The second-order valence-electron chi connectivity index (χ2n) is 5.06. The number of carbonyl (C=O) groups is 2. The summed E-state index contributed by atoms with van der Waals surface area (Å²) in [5, 5.41) is 16.6. The zero-order valence-corrected chi connectivity index (χ0v) is 11.7. The summed E-state index contributed by atoms with van der Waals surface area (Å²) in [7, 11) is 0. The fourth-order valence-electron chi connectivity index (χ4n) is 3.26. The molecule has 0 amide bonds. The number of aromatic nitrogens is 3. The number of nitrogens with one attached hydrogen (secondary N) is 1. The number of aromatic amines is 1. The highest BCUT2D eigenvalue weighted by atomic mass is 32.2. The van der Waals surface area contributed by atoms with Crippen molar-refractivity contribution in [3.8, 4) is 0 Å². The number of H-pyrrole nitrogens is 1. The van der Waals surface area contributed by atoms with Gasteiger partial charge in [0.1, 0.15) is 6.33 Å². The third-order valence-corrected chi connectivity index (χ3v) is 5.27. The summed E-state index contributed by atoms with van der Waals surface area (Å²) in [4.78, 5) is 27.2. The van der Waals surface area contributed by atoms with Crippen LogP contribution < -0.4 is 0 Å². The quantitative estimate of drug-likeness (QED) is 0.774. The van der Waals surface area contributed by atoms with Crippen LogP contribution in [0.1, 0.15) is 13.3 Å². The Balaban J connectivity index is 1.73. The zero-order chi connectivity index (χ0) is 14.3. The van der Waals surface area contributed by atoms with E-state index in [1.807, 2.05) is 0 Å². The van der Waals surface area contributed by atoms with Gasteiger partial charge < -0.3 is 9.84 Å². The Morgan fingerprint density at radius 3 is 2.95 bits per heavy atom. The Morgan fingerprint density at radius 2 is 2.35 bits per heavy atom. The van der Waals surface area contributed by atoms with Crippen molar-refractivity contribution < 1.29 is 19.4 Å². The molecule has 2 fully saturated rings. The van der Waals surface area contributed by atoms with E-state index >= 15 is 0 Å². The standard InChI is InChI=1S/C12H15N3O4S/c1-2-19-11(18)9-7-5(10(16)17)3-6(8(7)9)20-12-13-4-14-15-12/h4-9H,2-3H2,1H3,(H,16,17)(H,13,14,15). The minimum atomic E-state index is -0.826. The van der Waals surface area contributed by atoms with Crippen LogP contribution >= 0.6 is 11.8 Å². The molecule has 2 aliphatic carbocycles. The molecule has 0 bridgehead atoms. The van der Waals surface area contributed by atoms with E-state index in [0.29, 0.717) is 18.2 Å². The number of esters is 1. The molecule has 0 aliphatic heterocycles. The number of carbonyl (C=O) groups excluding carboxylic acids is 1. The first-order valence-corrected chi connectivity index (χ1v) is 7.43. The first-order valence-electron chi connectivity index (χ1n) is 6.55. The average molecular weight is 297 g/mol. The summed E-state index contributed by atoms with van der Waals surface area (Å²) in [5.41, 5.74) is 0. The highest BCUT2D eigenvalue weighted by molar-refractivity contribution is 7.99. The molecule has 1 heterocycles. The van der Waals surface area contributed by atoms with Crippen molar-refractivity contribution in [3.05, 3.63) is 6.33 Å². The molecule has 0 radical (unpaired) electrons. The third-order valence-electron chi connectivity index (χ3n) is 4.04. The number of carboxylic acid groups (broad SMARTS) is 1. The molecule has 2 N–H and O–H groups in total. The number of thioether (sulfide) groups is 1. The first kappa shape index (κ1) is 13.4. The van der Waals surface area contributed by atoms with Crippen molar-refractivity contribution in [1.29, 1.82) is 0 Å². The Hall–Kier alpha value is -1.57. The van der Waals surface area contributed by atoms with E-state index in [0.717, 1.165) is 0 Å². The maximum atomic E-state index is 11.9. The highest BCUT2D eigenvalue weighted by Crippen LogP contribution is 2.64. The van der Waals surface area contributed by atoms with Gasteiger partial charge in [0, 0.05) is 5.25 Å². The van der Waals surface area contributed by atoms with E-state index in [-0.39, 0.29) is 29.0 Å². The zero-order valence-electron chi connectivity index (χ0n) is 10.9. The number of rotatable bonds is 5. The molecule has 7 nitrogen and oxygen atoms in total. The summed E-state index contributed by atoms with van der Waals surface area (Å²) in [6, 6.07) is 0. The maximum absolute atomic E-state index is 11.9. The van der Waals surface area contributed by atoms with E-state index in [1.165, 1.54) is 18.1 Å². The molecule has 2 aliphatic rings. The van der Waals surface area contributed by atoms with Gasteiger partial charge in [-0.05, 0) is 25.2 Å². The predicted molar refractivity (Wildman–Crippen MR) is 68.9 cm³/mol. The molecular formula is C12H15N3O4S. The molecule has 3 rings (SSSR count). The SMILES string of the molecule is CCOC(=O)C1C2C(Sc3ncn[nH]3)CC(C(=O)O)C12. The molecule has 20 heavy (non-hydrogen) atoms. The van der Waals surface area contributed by atoms with Crippen LogP contribution in [-0.4, -0.2) is 44.1 Å². The Labute approximate surface area is 119 Å². The van der Waals surface area contributed by atoms with Crippen LogP contribution in [0.25, 0.3) is 0 Å². The van der Waals surface area contributed by atoms with Gasteiger partial charge in [-0.2, -0.15) is 5.10 Å². The monoisotopic (exact) mass is 297 g/mol. The van der Waals surface area contributed by atoms with Gasteiger partial charge in [0.25, 0.3) is 0 Å². The van der Waals surface area contributed by atoms with E-state index < -0.39 is 11.9 Å². The van der Waals surface area contributed by atoms with E-state index in [2.05, 4.69) is 15.2 Å². The van der Waals surface area contributed by atoms with Crippen molar-refractivity contribution in [3.63, 3.8) is 0 Å². The van der Waals surface area contributed by atoms with Crippen molar-refractivity contribution in [2.75, 3.05) is 6.61 Å². The lowest BCUT2D eigenvalue weighted by Crippen LogP contribution is -2.22. The van der Waals surface area contributed by atoms with Crippen molar-refractivity contribution in [2.45, 2.75) is 23.8 Å². The lowest BCUT2D eigenvalue weighted by molar-refractivity contribution is -0.146. The summed E-state index contributed by atoms with van der Waals surface area (Å²) in [5.74, 6) is -1.85. The Kier molecular flexibility index (Phi) is 3.41. The fraction of sp³-hybridized carbons (Fsp3) is 0.667. The van der Waals surface area contributed by atoms with Crippen LogP contribution in [-0.2, 0) is 14.3 Å². The molecule has 5 unspecified atom stereocenters. The molecule has 8 heteroatoms. The molecular weight excluding hydrogens is 282 g/mol. The van der Waals surface area contributed by atoms with Crippen molar-refractivity contribution in [1.82, 2.24) is 15.2 Å². The van der Waals surface area contributed by atoms with Crippen molar-refractivity contribution >= 4 is 23.7 Å². The number of aliphatic carboxylic acids is 1. The van der Waals surface area contributed by atoms with Crippen LogP contribution in [0.2, 0.25) is 0 Å². The highest BCUT2D eigenvalue weighted by Gasteiger charge is 2.68. The second kappa shape index (κ2) is 5.08. The summed E-state index contributed by atoms with van der Waals surface area (Å²) in [6.07, 6.45) is 1.98. The van der Waals surface area contributed by atoms with Gasteiger partial charge in [-0.15, -0.1) is 0 Å². The molecule has 1 aromatic rings. The van der Waals surface area contributed by atoms with E-state index in [9.17, 15) is 14.7 Å². The molecule has 0 aromatic carbocycles. The molecule has 5 atom stereocenters. The minimum absolute atomic E-state index is 0.0726. The Bertz CT molecular complexity index is 521. The second-order valence-corrected chi connectivity index (χ2v) is 6.29. The van der Waals surface area contributed by atoms with E-state index in [1.54, 1.807) is 6.92 Å². The number of fused-ring (bicyclic) bond motifs is 1. The lowest BCUT2D eigenvalue weighted by Gasteiger charge is -2.15. The summed E-state index contributed by atoms with van der Waals surface area (Å²) >= 11 is 1.47. The van der Waals surface area contributed by atoms with Crippen LogP contribution in [0.5, 0.6) is 0 Å². The molecule has 0 saturated heterocycles. The van der Waals surface area contributed by atoms with Gasteiger partial charge in [0.05, 0.1) is 18.4 Å². The largest absolute Gasteiger partial charge is 0.481 e. The fourth-order valence-corrected chi connectivity index (χ4v) is 4.57. The van der Waals surface area contributed by atoms with Crippen LogP contribution in [0.4, 0.5) is 0 Å². The Morgan fingerprint density at radius 1 is 1.55 bits per heavy atom. The molecule has 2 saturated carbocycles. The summed E-state index contributed by atoms with van der Waals surface area (Å²) in [6.45, 7) is 2.08. The molecule has 0 spiro atoms. The van der Waals surface area contributed by atoms with Gasteiger partial charge in [0.2, 0.25) is 0 Å². The number of carboxylic acids is 1. The van der Waals surface area contributed by atoms with E-state index in [4.69, 9.17) is 4.74 Å². The van der Waals surface area contributed by atoms with Gasteiger partial charge >= 0.3 is 11.9 Å². The number of hydrogen-bond acceptors (Lipinski definition) is 6. The number of nitrogens with zero attached hydrogens (tertiary/aromatic N) is 2. The number of hydrogen-bond donors (Lipinski definition) is 2. The average Bonchev–Trinajstić information content (AvgIpc) is 2.76. The van der Waals surface area contributed by atoms with Gasteiger partial charge in [-0.1, -0.05) is 11.8 Å². The van der Waals surface area contributed by atoms with Crippen LogP contribution in [0, 0.1) is 23.7 Å². The third kappa shape index (κ3) is 2.17. The van der Waals surface area contributed by atoms with Gasteiger partial charge in [-0.3, -0.25) is 14.7 Å². The summed E-state index contributed by atoms with van der Waals surface area (Å²) < 4.78 is 5.04. The smallest absolute Gasteiger partial charge is 0.309 e. The van der Waals surface area contributed by atoms with Crippen molar-refractivity contribution in [2.24, 2.45) is 23.7 Å². The normalized spacial score (nSPS) is 34.5. The maximum Gasteiger partial charge on any atom is 0.309 e. The van der Waals surface area contributed by atoms with Crippen LogP contribution in [0.3, 0.4) is 0 Å². The predicted octanol–water partition coefficient (Wildman–Crippen LogP) is 0.795. The van der Waals surface area contributed by atoms with Crippen LogP contribution in [0.15, 0.2) is 11.5 Å². The van der Waals surface area contributed by atoms with Gasteiger partial charge in [0.15, 0.2) is 5.16 Å². The minimum Gasteiger partial charge on any atom is -0.481 e. The number of ether oxygens (including phenoxy) is 1. The first-order chi connectivity index (χ1) is 9.63.